The van der Waals surface area contributed by atoms with E-state index in [0.29, 0.717) is 18.0 Å². The molecular weight excluding hydrogens is 320 g/mol. The standard InChI is InChI=1S/C18H26N4O3/c1-13-11-16(19-25-13)22-17(23)12-15(18(22)24)21-9-7-20(8-10-21)14-5-3-2-4-6-14/h11,14-15H,2-10,12H2,1H3/p+2/t15-/m0/s1. The SMILES string of the molecule is Cc1cc(N2C(=O)C[C@H]([NH+]3CC[NH+](C4CCCCC4)CC3)C2=O)no1. The Labute approximate surface area is 147 Å². The van der Waals surface area contributed by atoms with Crippen molar-refractivity contribution in [3.8, 4) is 0 Å². The van der Waals surface area contributed by atoms with E-state index in [0.717, 1.165) is 32.2 Å². The molecule has 0 spiro atoms. The monoisotopic (exact) mass is 348 g/mol. The van der Waals surface area contributed by atoms with Crippen LogP contribution in [0.2, 0.25) is 0 Å². The summed E-state index contributed by atoms with van der Waals surface area (Å²) in [4.78, 5) is 29.4. The molecule has 0 aromatic carbocycles. The first-order valence-corrected chi connectivity index (χ1v) is 9.63. The fourth-order valence-electron chi connectivity index (χ4n) is 4.81. The van der Waals surface area contributed by atoms with Gasteiger partial charge in [0.25, 0.3) is 5.91 Å². The van der Waals surface area contributed by atoms with Crippen LogP contribution in [0, 0.1) is 6.92 Å². The van der Waals surface area contributed by atoms with Gasteiger partial charge in [0.05, 0.1) is 12.5 Å². The molecule has 136 valence electrons. The van der Waals surface area contributed by atoms with Crippen molar-refractivity contribution in [2.24, 2.45) is 0 Å². The number of nitrogens with zero attached hydrogens (tertiary/aromatic N) is 2. The largest absolute Gasteiger partial charge is 0.360 e. The van der Waals surface area contributed by atoms with Crippen molar-refractivity contribution in [2.45, 2.75) is 57.5 Å². The van der Waals surface area contributed by atoms with Crippen LogP contribution in [-0.2, 0) is 9.59 Å². The maximum Gasteiger partial charge on any atom is 0.293 e. The summed E-state index contributed by atoms with van der Waals surface area (Å²) in [5.41, 5.74) is 0. The van der Waals surface area contributed by atoms with Gasteiger partial charge < -0.3 is 14.3 Å². The topological polar surface area (TPSA) is 72.3 Å². The first-order chi connectivity index (χ1) is 12.1. The molecule has 1 aliphatic carbocycles. The number of hydrogen-bond donors (Lipinski definition) is 2. The highest BCUT2D eigenvalue weighted by molar-refractivity contribution is 6.21. The molecule has 7 nitrogen and oxygen atoms in total. The zero-order valence-electron chi connectivity index (χ0n) is 14.9. The molecule has 7 heteroatoms. The lowest BCUT2D eigenvalue weighted by Gasteiger charge is -2.37. The summed E-state index contributed by atoms with van der Waals surface area (Å²) in [5, 5.41) is 3.85. The number of nitrogens with one attached hydrogen (secondary N) is 2. The number of piperazine rings is 1. The maximum atomic E-state index is 12.8. The lowest BCUT2D eigenvalue weighted by molar-refractivity contribution is -1.03. The van der Waals surface area contributed by atoms with E-state index < -0.39 is 0 Å². The van der Waals surface area contributed by atoms with Crippen LogP contribution in [0.3, 0.4) is 0 Å². The number of rotatable bonds is 3. The number of aromatic nitrogens is 1. The van der Waals surface area contributed by atoms with Crippen LogP contribution in [0.5, 0.6) is 0 Å². The van der Waals surface area contributed by atoms with Gasteiger partial charge in [0.15, 0.2) is 11.9 Å². The zero-order chi connectivity index (χ0) is 17.4. The molecule has 1 aromatic rings. The highest BCUT2D eigenvalue weighted by Crippen LogP contribution is 2.21. The van der Waals surface area contributed by atoms with Gasteiger partial charge in [0.1, 0.15) is 31.9 Å². The van der Waals surface area contributed by atoms with Crippen molar-refractivity contribution in [3.63, 3.8) is 0 Å². The third-order valence-corrected chi connectivity index (χ3v) is 6.20. The normalized spacial score (nSPS) is 31.7. The average Bonchev–Trinajstić information content (AvgIpc) is 3.18. The number of quaternary nitrogens is 2. The Balaban J connectivity index is 1.38. The van der Waals surface area contributed by atoms with E-state index in [1.807, 2.05) is 0 Å². The van der Waals surface area contributed by atoms with Gasteiger partial charge >= 0.3 is 0 Å². The fraction of sp³-hybridized carbons (Fsp3) is 0.722. The predicted molar refractivity (Wildman–Crippen MR) is 90.4 cm³/mol. The van der Waals surface area contributed by atoms with E-state index >= 15 is 0 Å². The molecule has 4 rings (SSSR count). The Hall–Kier alpha value is -1.73. The Morgan fingerprint density at radius 2 is 1.76 bits per heavy atom. The highest BCUT2D eigenvalue weighted by atomic mass is 16.5. The first-order valence-electron chi connectivity index (χ1n) is 9.63. The lowest BCUT2D eigenvalue weighted by atomic mass is 9.93. The van der Waals surface area contributed by atoms with Gasteiger partial charge in [0.2, 0.25) is 5.91 Å². The highest BCUT2D eigenvalue weighted by Gasteiger charge is 2.48. The van der Waals surface area contributed by atoms with Crippen molar-refractivity contribution >= 4 is 17.6 Å². The number of anilines is 1. The molecule has 1 saturated carbocycles. The minimum Gasteiger partial charge on any atom is -0.360 e. The summed E-state index contributed by atoms with van der Waals surface area (Å²) in [6.45, 7) is 5.93. The van der Waals surface area contributed by atoms with Gasteiger partial charge in [-0.1, -0.05) is 11.6 Å². The number of imide groups is 1. The summed E-state index contributed by atoms with van der Waals surface area (Å²) in [6.07, 6.45) is 7.12. The average molecular weight is 348 g/mol. The molecule has 3 heterocycles. The van der Waals surface area contributed by atoms with E-state index in [4.69, 9.17) is 4.52 Å². The Morgan fingerprint density at radius 1 is 1.08 bits per heavy atom. The van der Waals surface area contributed by atoms with E-state index in [2.05, 4.69) is 5.16 Å². The van der Waals surface area contributed by atoms with Gasteiger partial charge in [0, 0.05) is 6.07 Å². The number of amides is 2. The smallest absolute Gasteiger partial charge is 0.293 e. The minimum atomic E-state index is -0.252. The second-order valence-electron chi connectivity index (χ2n) is 7.77. The van der Waals surface area contributed by atoms with E-state index in [-0.39, 0.29) is 17.9 Å². The molecule has 0 bridgehead atoms. The summed E-state index contributed by atoms with van der Waals surface area (Å²) < 4.78 is 5.03. The Kier molecular flexibility index (Phi) is 4.60. The first kappa shape index (κ1) is 16.7. The molecule has 2 N–H and O–H groups in total. The number of carbonyl (C=O) groups is 2. The summed E-state index contributed by atoms with van der Waals surface area (Å²) in [7, 11) is 0. The molecule has 3 fully saturated rings. The maximum absolute atomic E-state index is 12.8. The molecular formula is C18H28N4O3+2. The quantitative estimate of drug-likeness (QED) is 0.669. The van der Waals surface area contributed by atoms with E-state index in [9.17, 15) is 9.59 Å². The molecule has 2 amide bonds. The third kappa shape index (κ3) is 3.22. The molecule has 3 aliphatic rings. The molecule has 1 atom stereocenters. The Bertz CT molecular complexity index is 645. The van der Waals surface area contributed by atoms with Crippen LogP contribution in [-0.4, -0.2) is 55.2 Å². The van der Waals surface area contributed by atoms with Crippen molar-refractivity contribution < 1.29 is 23.9 Å². The van der Waals surface area contributed by atoms with Crippen molar-refractivity contribution in [3.05, 3.63) is 11.8 Å². The van der Waals surface area contributed by atoms with Crippen LogP contribution < -0.4 is 14.7 Å². The van der Waals surface area contributed by atoms with Crippen LogP contribution in [0.4, 0.5) is 5.82 Å². The summed E-state index contributed by atoms with van der Waals surface area (Å²) in [5.74, 6) is 0.671. The lowest BCUT2D eigenvalue weighted by Crippen LogP contribution is -3.31. The molecule has 0 radical (unpaired) electrons. The van der Waals surface area contributed by atoms with Crippen molar-refractivity contribution in [2.75, 3.05) is 31.1 Å². The number of carbonyl (C=O) groups excluding carboxylic acids is 2. The van der Waals surface area contributed by atoms with Gasteiger partial charge in [-0.25, -0.2) is 4.90 Å². The van der Waals surface area contributed by atoms with E-state index in [1.165, 1.54) is 41.9 Å². The second kappa shape index (κ2) is 6.88. The number of hydrogen-bond acceptors (Lipinski definition) is 4. The number of aryl methyl sites for hydroxylation is 1. The zero-order valence-corrected chi connectivity index (χ0v) is 14.9. The Morgan fingerprint density at radius 3 is 2.40 bits per heavy atom. The van der Waals surface area contributed by atoms with Gasteiger partial charge in [-0.15, -0.1) is 0 Å². The predicted octanol–water partition coefficient (Wildman–Crippen LogP) is -1.27. The molecule has 2 saturated heterocycles. The fourth-order valence-corrected chi connectivity index (χ4v) is 4.81. The molecule has 2 aliphatic heterocycles. The molecule has 1 aromatic heterocycles. The van der Waals surface area contributed by atoms with Crippen LogP contribution in [0.25, 0.3) is 0 Å². The van der Waals surface area contributed by atoms with Crippen LogP contribution in [0.1, 0.15) is 44.3 Å². The second-order valence-corrected chi connectivity index (χ2v) is 7.77. The van der Waals surface area contributed by atoms with Crippen LogP contribution in [0.15, 0.2) is 10.6 Å². The van der Waals surface area contributed by atoms with Crippen molar-refractivity contribution in [1.82, 2.24) is 5.16 Å². The third-order valence-electron chi connectivity index (χ3n) is 6.20. The van der Waals surface area contributed by atoms with E-state index in [1.54, 1.807) is 17.9 Å². The van der Waals surface area contributed by atoms with Crippen LogP contribution >= 0.6 is 0 Å². The molecule has 25 heavy (non-hydrogen) atoms. The summed E-state index contributed by atoms with van der Waals surface area (Å²) >= 11 is 0. The van der Waals surface area contributed by atoms with Crippen molar-refractivity contribution in [1.29, 1.82) is 0 Å². The minimum absolute atomic E-state index is 0.116. The summed E-state index contributed by atoms with van der Waals surface area (Å²) in [6, 6.07) is 2.21. The van der Waals surface area contributed by atoms with Gasteiger partial charge in [-0.05, 0) is 32.6 Å². The molecule has 0 unspecified atom stereocenters. The van der Waals surface area contributed by atoms with Gasteiger partial charge in [-0.2, -0.15) is 0 Å². The van der Waals surface area contributed by atoms with Gasteiger partial charge in [-0.3, -0.25) is 9.59 Å².